The van der Waals surface area contributed by atoms with E-state index >= 15 is 0 Å². The highest BCUT2D eigenvalue weighted by atomic mass is 35.5. The van der Waals surface area contributed by atoms with Crippen molar-refractivity contribution in [1.82, 2.24) is 29.9 Å². The molecular weight excluding hydrogens is 698 g/mol. The molecule has 0 atom stereocenters. The minimum Gasteiger partial charge on any atom is -0.364 e. The van der Waals surface area contributed by atoms with E-state index in [1.807, 2.05) is 91.0 Å². The Hall–Kier alpha value is -4.83. The second-order valence-electron chi connectivity index (χ2n) is 11.0. The van der Waals surface area contributed by atoms with Gasteiger partial charge in [0.2, 0.25) is 0 Å². The summed E-state index contributed by atoms with van der Waals surface area (Å²) in [5.74, 6) is 0.670. The molecular formula is C37H26Cl4N8. The van der Waals surface area contributed by atoms with Gasteiger partial charge in [-0.15, -0.1) is 0 Å². The van der Waals surface area contributed by atoms with Gasteiger partial charge in [0.15, 0.2) is 11.5 Å². The molecule has 0 amide bonds. The van der Waals surface area contributed by atoms with E-state index in [-0.39, 0.29) is 0 Å². The number of nitrogens with one attached hydrogen (secondary N) is 2. The Morgan fingerprint density at radius 1 is 0.612 bits per heavy atom. The van der Waals surface area contributed by atoms with Crippen LogP contribution in [0.25, 0.3) is 55.5 Å². The Labute approximate surface area is 301 Å². The van der Waals surface area contributed by atoms with E-state index in [1.54, 1.807) is 6.33 Å². The predicted octanol–water partition coefficient (Wildman–Crippen LogP) is 10.2. The van der Waals surface area contributed by atoms with Gasteiger partial charge in [-0.05, 0) is 47.5 Å². The molecule has 0 saturated heterocycles. The fourth-order valence-electron chi connectivity index (χ4n) is 5.55. The molecule has 0 aliphatic carbocycles. The van der Waals surface area contributed by atoms with E-state index in [9.17, 15) is 0 Å². The number of imidazole rings is 1. The lowest BCUT2D eigenvalue weighted by Gasteiger charge is -2.14. The van der Waals surface area contributed by atoms with E-state index in [0.29, 0.717) is 44.6 Å². The molecule has 0 saturated carbocycles. The third-order valence-corrected chi connectivity index (χ3v) is 9.17. The number of nitrogens with two attached hydrogens (primary N) is 1. The molecule has 8 aromatic rings. The third kappa shape index (κ3) is 6.74. The van der Waals surface area contributed by atoms with Crippen LogP contribution in [0.5, 0.6) is 0 Å². The van der Waals surface area contributed by atoms with Gasteiger partial charge in [0, 0.05) is 45.0 Å². The fourth-order valence-corrected chi connectivity index (χ4v) is 6.45. The van der Waals surface area contributed by atoms with E-state index in [2.05, 4.69) is 36.3 Å². The quantitative estimate of drug-likeness (QED) is 0.156. The number of rotatable bonds is 6. The van der Waals surface area contributed by atoms with Crippen LogP contribution < -0.4 is 11.1 Å². The van der Waals surface area contributed by atoms with Crippen molar-refractivity contribution in [3.63, 3.8) is 0 Å². The highest BCUT2D eigenvalue weighted by Crippen LogP contribution is 2.34. The van der Waals surface area contributed by atoms with Crippen LogP contribution in [-0.2, 0) is 13.1 Å². The molecule has 4 aromatic heterocycles. The van der Waals surface area contributed by atoms with Crippen LogP contribution in [0.1, 0.15) is 11.1 Å². The van der Waals surface area contributed by atoms with Gasteiger partial charge < -0.3 is 16.0 Å². The fraction of sp³-hybridized carbons (Fsp3) is 0.0541. The van der Waals surface area contributed by atoms with Crippen LogP contribution in [0.4, 0.5) is 5.82 Å². The summed E-state index contributed by atoms with van der Waals surface area (Å²) in [5.41, 5.74) is 13.9. The number of aromatic amines is 1. The molecule has 4 N–H and O–H groups in total. The molecule has 8 nitrogen and oxygen atoms in total. The number of aromatic nitrogens is 6. The molecule has 0 fully saturated rings. The minimum absolute atomic E-state index is 0.399. The lowest BCUT2D eigenvalue weighted by atomic mass is 10.0. The first kappa shape index (κ1) is 32.7. The Kier molecular flexibility index (Phi) is 9.57. The van der Waals surface area contributed by atoms with Gasteiger partial charge in [-0.3, -0.25) is 0 Å². The van der Waals surface area contributed by atoms with Gasteiger partial charge in [-0.1, -0.05) is 107 Å². The second kappa shape index (κ2) is 14.3. The average Bonchev–Trinajstić information content (AvgIpc) is 3.61. The highest BCUT2D eigenvalue weighted by Gasteiger charge is 2.15. The third-order valence-electron chi connectivity index (χ3n) is 7.90. The topological polar surface area (TPSA) is 118 Å². The normalized spacial score (nSPS) is 11.1. The average molecular weight is 724 g/mol. The van der Waals surface area contributed by atoms with Gasteiger partial charge in [0.25, 0.3) is 0 Å². The first-order chi connectivity index (χ1) is 23.9. The molecule has 0 radical (unpaired) electrons. The van der Waals surface area contributed by atoms with Gasteiger partial charge in [-0.25, -0.2) is 24.9 Å². The Morgan fingerprint density at radius 3 is 1.76 bits per heavy atom. The minimum atomic E-state index is 0.399. The summed E-state index contributed by atoms with van der Waals surface area (Å²) in [6, 6.07) is 30.8. The Balaban J connectivity index is 0.000000166. The summed E-state index contributed by atoms with van der Waals surface area (Å²) in [6.45, 7) is 0.886. The Morgan fingerprint density at radius 2 is 1.16 bits per heavy atom. The molecule has 12 heteroatoms. The summed E-state index contributed by atoms with van der Waals surface area (Å²) in [6.07, 6.45) is 3.08. The van der Waals surface area contributed by atoms with Crippen LogP contribution in [0, 0.1) is 0 Å². The zero-order valence-electron chi connectivity index (χ0n) is 25.6. The van der Waals surface area contributed by atoms with Gasteiger partial charge in [0.05, 0.1) is 38.8 Å². The van der Waals surface area contributed by atoms with Crippen LogP contribution in [-0.4, -0.2) is 29.9 Å². The number of anilines is 1. The molecule has 0 aliphatic heterocycles. The molecule has 0 spiro atoms. The number of para-hydroxylation sites is 2. The number of halogens is 4. The SMILES string of the molecule is Clc1ccccc1-c1nc2c(Cl)cccc2cc1CNc1ncnc2nc[nH]c12.NCc1cc2cccc(Cl)c2nc1-c1ccccc1Cl. The molecule has 8 rings (SSSR count). The standard InChI is InChI=1S/C21H14Cl2N6.C16H12Cl2N2/c22-15-6-2-1-5-14(15)17-13(8-12-4-3-7-16(23)18(12)29-17)9-24-20-19-21(26-10-25-19)28-11-27-20;17-13-6-2-1-5-12(13)15-11(9-19)8-10-4-3-7-14(18)16(10)20-15/h1-8,10-11H,9H2,(H2,24,25,26,27,28);1-8H,9,19H2. The molecule has 49 heavy (non-hydrogen) atoms. The van der Waals surface area contributed by atoms with Gasteiger partial charge in [0.1, 0.15) is 11.8 Å². The summed E-state index contributed by atoms with van der Waals surface area (Å²) in [5, 5.41) is 7.81. The number of pyridine rings is 2. The maximum atomic E-state index is 6.48. The zero-order chi connectivity index (χ0) is 33.9. The van der Waals surface area contributed by atoms with Crippen molar-refractivity contribution in [2.75, 3.05) is 5.32 Å². The van der Waals surface area contributed by atoms with E-state index in [4.69, 9.17) is 57.1 Å². The first-order valence-electron chi connectivity index (χ1n) is 15.2. The number of fused-ring (bicyclic) bond motifs is 3. The zero-order valence-corrected chi connectivity index (χ0v) is 28.7. The lowest BCUT2D eigenvalue weighted by Crippen LogP contribution is -2.05. The van der Waals surface area contributed by atoms with Crippen LogP contribution in [0.3, 0.4) is 0 Å². The molecule has 0 bridgehead atoms. The predicted molar refractivity (Wildman–Crippen MR) is 201 cm³/mol. The maximum Gasteiger partial charge on any atom is 0.182 e. The summed E-state index contributed by atoms with van der Waals surface area (Å²) >= 11 is 25.4. The van der Waals surface area contributed by atoms with Crippen LogP contribution in [0.2, 0.25) is 20.1 Å². The number of hydrogen-bond donors (Lipinski definition) is 3. The molecule has 0 aliphatic rings. The van der Waals surface area contributed by atoms with E-state index in [1.165, 1.54) is 6.33 Å². The largest absolute Gasteiger partial charge is 0.364 e. The van der Waals surface area contributed by atoms with Crippen molar-refractivity contribution in [3.8, 4) is 22.5 Å². The Bertz CT molecular complexity index is 2470. The number of nitrogens with zero attached hydrogens (tertiary/aromatic N) is 5. The summed E-state index contributed by atoms with van der Waals surface area (Å²) < 4.78 is 0. The molecule has 242 valence electrons. The molecule has 0 unspecified atom stereocenters. The van der Waals surface area contributed by atoms with Gasteiger partial charge in [-0.2, -0.15) is 0 Å². The van der Waals surface area contributed by atoms with Crippen molar-refractivity contribution in [2.45, 2.75) is 13.1 Å². The van der Waals surface area contributed by atoms with Crippen molar-refractivity contribution >= 4 is 85.2 Å². The van der Waals surface area contributed by atoms with Crippen molar-refractivity contribution < 1.29 is 0 Å². The number of benzene rings is 4. The second-order valence-corrected chi connectivity index (χ2v) is 12.6. The lowest BCUT2D eigenvalue weighted by molar-refractivity contribution is 1.06. The number of H-pyrrole nitrogens is 1. The van der Waals surface area contributed by atoms with Crippen molar-refractivity contribution in [1.29, 1.82) is 0 Å². The monoisotopic (exact) mass is 722 g/mol. The van der Waals surface area contributed by atoms with E-state index in [0.717, 1.165) is 61.0 Å². The van der Waals surface area contributed by atoms with Crippen LogP contribution in [0.15, 0.2) is 110 Å². The first-order valence-corrected chi connectivity index (χ1v) is 16.7. The molecule has 4 heterocycles. The van der Waals surface area contributed by atoms with Crippen molar-refractivity contribution in [3.05, 3.63) is 141 Å². The smallest absolute Gasteiger partial charge is 0.182 e. The summed E-state index contributed by atoms with van der Waals surface area (Å²) in [4.78, 5) is 25.3. The highest BCUT2D eigenvalue weighted by molar-refractivity contribution is 6.36. The van der Waals surface area contributed by atoms with Crippen LogP contribution >= 0.6 is 46.4 Å². The van der Waals surface area contributed by atoms with E-state index < -0.39 is 0 Å². The number of hydrogen-bond acceptors (Lipinski definition) is 7. The van der Waals surface area contributed by atoms with Crippen molar-refractivity contribution in [2.24, 2.45) is 5.73 Å². The maximum absolute atomic E-state index is 6.48. The van der Waals surface area contributed by atoms with Gasteiger partial charge >= 0.3 is 0 Å². The summed E-state index contributed by atoms with van der Waals surface area (Å²) in [7, 11) is 0. The molecule has 4 aromatic carbocycles.